The van der Waals surface area contributed by atoms with Gasteiger partial charge in [-0.05, 0) is 25.2 Å². The highest BCUT2D eigenvalue weighted by molar-refractivity contribution is 5.81. The predicted molar refractivity (Wildman–Crippen MR) is 75.6 cm³/mol. The van der Waals surface area contributed by atoms with E-state index in [2.05, 4.69) is 5.32 Å². The van der Waals surface area contributed by atoms with Crippen molar-refractivity contribution in [3.8, 4) is 0 Å². The zero-order valence-electron chi connectivity index (χ0n) is 11.8. The maximum atomic E-state index is 11.9. The lowest BCUT2D eigenvalue weighted by Crippen LogP contribution is -2.49. The van der Waals surface area contributed by atoms with Gasteiger partial charge in [0.1, 0.15) is 6.10 Å². The molecule has 0 aliphatic heterocycles. The number of carbonyl (C=O) groups excluding carboxylic acids is 1. The Balaban J connectivity index is 1.73. The number of hydrogen-bond acceptors (Lipinski definition) is 3. The molecule has 1 unspecified atom stereocenters. The number of carbonyl (C=O) groups is 1. The zero-order chi connectivity index (χ0) is 13.7. The van der Waals surface area contributed by atoms with E-state index < -0.39 is 12.1 Å². The third kappa shape index (κ3) is 4.46. The van der Waals surface area contributed by atoms with Crippen molar-refractivity contribution in [2.45, 2.75) is 82.4 Å². The molecule has 2 aliphatic carbocycles. The molecular weight excluding hydrogens is 240 g/mol. The fourth-order valence-corrected chi connectivity index (χ4v) is 3.49. The highest BCUT2D eigenvalue weighted by Crippen LogP contribution is 2.27. The monoisotopic (exact) mass is 268 g/mol. The lowest BCUT2D eigenvalue weighted by Gasteiger charge is -2.27. The van der Waals surface area contributed by atoms with Gasteiger partial charge >= 0.3 is 0 Å². The fourth-order valence-electron chi connectivity index (χ4n) is 3.49. The van der Waals surface area contributed by atoms with E-state index in [-0.39, 0.29) is 11.9 Å². The molecule has 0 saturated heterocycles. The van der Waals surface area contributed by atoms with Crippen molar-refractivity contribution >= 4 is 5.91 Å². The van der Waals surface area contributed by atoms with E-state index in [9.17, 15) is 9.90 Å². The number of aliphatic hydroxyl groups excluding tert-OH is 1. The number of nitrogens with one attached hydrogen (secondary N) is 1. The van der Waals surface area contributed by atoms with Gasteiger partial charge in [0, 0.05) is 12.1 Å². The van der Waals surface area contributed by atoms with Crippen LogP contribution in [0.25, 0.3) is 0 Å². The minimum atomic E-state index is -1.04. The average molecular weight is 268 g/mol. The van der Waals surface area contributed by atoms with E-state index in [1.165, 1.54) is 44.9 Å². The Morgan fingerprint density at radius 3 is 2.32 bits per heavy atom. The van der Waals surface area contributed by atoms with E-state index in [1.54, 1.807) is 0 Å². The first-order valence-corrected chi connectivity index (χ1v) is 7.91. The first-order valence-electron chi connectivity index (χ1n) is 7.91. The molecule has 0 heterocycles. The van der Waals surface area contributed by atoms with Gasteiger partial charge in [-0.25, -0.2) is 0 Å². The van der Waals surface area contributed by atoms with Gasteiger partial charge in [-0.1, -0.05) is 44.9 Å². The van der Waals surface area contributed by atoms with E-state index in [0.717, 1.165) is 19.3 Å². The number of amides is 1. The van der Waals surface area contributed by atoms with Gasteiger partial charge in [0.15, 0.2) is 0 Å². The van der Waals surface area contributed by atoms with Crippen molar-refractivity contribution in [3.63, 3.8) is 0 Å². The van der Waals surface area contributed by atoms with Crippen LogP contribution in [0.1, 0.15) is 64.2 Å². The molecule has 0 aromatic carbocycles. The molecular formula is C15H28N2O2. The Bertz CT molecular complexity index is 284. The summed E-state index contributed by atoms with van der Waals surface area (Å²) in [7, 11) is 0. The highest BCUT2D eigenvalue weighted by atomic mass is 16.3. The molecule has 0 bridgehead atoms. The summed E-state index contributed by atoms with van der Waals surface area (Å²) in [5.41, 5.74) is 6.01. The molecule has 0 aromatic rings. The molecule has 19 heavy (non-hydrogen) atoms. The van der Waals surface area contributed by atoms with Crippen LogP contribution in [0.3, 0.4) is 0 Å². The number of aliphatic hydroxyl groups is 1. The Hall–Kier alpha value is -0.610. The van der Waals surface area contributed by atoms with Gasteiger partial charge in [-0.3, -0.25) is 4.79 Å². The van der Waals surface area contributed by atoms with Crippen molar-refractivity contribution in [2.75, 3.05) is 0 Å². The van der Waals surface area contributed by atoms with Crippen LogP contribution in [0.15, 0.2) is 0 Å². The molecule has 0 radical (unpaired) electrons. The first-order chi connectivity index (χ1) is 9.16. The second-order valence-corrected chi connectivity index (χ2v) is 6.34. The first kappa shape index (κ1) is 14.8. The van der Waals surface area contributed by atoms with Crippen LogP contribution in [-0.4, -0.2) is 29.2 Å². The third-order valence-electron chi connectivity index (χ3n) is 4.71. The Kier molecular flexibility index (Phi) is 5.64. The minimum Gasteiger partial charge on any atom is -0.382 e. The molecule has 0 spiro atoms. The largest absolute Gasteiger partial charge is 0.382 e. The minimum absolute atomic E-state index is 0.254. The van der Waals surface area contributed by atoms with Crippen LogP contribution in [0, 0.1) is 5.92 Å². The average Bonchev–Trinajstić information content (AvgIpc) is 2.91. The summed E-state index contributed by atoms with van der Waals surface area (Å²) in [5, 5.41) is 13.0. The van der Waals surface area contributed by atoms with Gasteiger partial charge < -0.3 is 16.2 Å². The highest BCUT2D eigenvalue weighted by Gasteiger charge is 2.28. The maximum absolute atomic E-state index is 11.9. The summed E-state index contributed by atoms with van der Waals surface area (Å²) >= 11 is 0. The summed E-state index contributed by atoms with van der Waals surface area (Å²) in [5.74, 6) is 0.327. The number of hydrogen-bond donors (Lipinski definition) is 3. The zero-order valence-corrected chi connectivity index (χ0v) is 11.8. The van der Waals surface area contributed by atoms with Crippen molar-refractivity contribution in [1.82, 2.24) is 5.32 Å². The van der Waals surface area contributed by atoms with Crippen LogP contribution < -0.4 is 11.1 Å². The SMILES string of the molecule is N[C@H](CC1CCCCC1)C(O)C(=O)NC1CCCC1. The Labute approximate surface area is 116 Å². The van der Waals surface area contributed by atoms with Crippen molar-refractivity contribution in [3.05, 3.63) is 0 Å². The molecule has 2 saturated carbocycles. The second-order valence-electron chi connectivity index (χ2n) is 6.34. The molecule has 110 valence electrons. The van der Waals surface area contributed by atoms with Gasteiger partial charge in [0.25, 0.3) is 5.91 Å². The second kappa shape index (κ2) is 7.25. The van der Waals surface area contributed by atoms with Crippen LogP contribution in [0.4, 0.5) is 0 Å². The topological polar surface area (TPSA) is 75.3 Å². The van der Waals surface area contributed by atoms with E-state index in [0.29, 0.717) is 5.92 Å². The fraction of sp³-hybridized carbons (Fsp3) is 0.933. The van der Waals surface area contributed by atoms with E-state index >= 15 is 0 Å². The van der Waals surface area contributed by atoms with E-state index in [1.807, 2.05) is 0 Å². The third-order valence-corrected chi connectivity index (χ3v) is 4.71. The molecule has 4 nitrogen and oxygen atoms in total. The van der Waals surface area contributed by atoms with Crippen LogP contribution in [-0.2, 0) is 4.79 Å². The molecule has 4 N–H and O–H groups in total. The smallest absolute Gasteiger partial charge is 0.250 e. The van der Waals surface area contributed by atoms with Crippen molar-refractivity contribution in [2.24, 2.45) is 11.7 Å². The van der Waals surface area contributed by atoms with Gasteiger partial charge in [-0.2, -0.15) is 0 Å². The van der Waals surface area contributed by atoms with E-state index in [4.69, 9.17) is 5.73 Å². The molecule has 0 aromatic heterocycles. The maximum Gasteiger partial charge on any atom is 0.250 e. The summed E-state index contributed by atoms with van der Waals surface area (Å²) in [6.45, 7) is 0. The van der Waals surface area contributed by atoms with Crippen LogP contribution in [0.2, 0.25) is 0 Å². The number of nitrogens with two attached hydrogens (primary N) is 1. The summed E-state index contributed by atoms with van der Waals surface area (Å²) in [4.78, 5) is 11.9. The van der Waals surface area contributed by atoms with Crippen molar-refractivity contribution in [1.29, 1.82) is 0 Å². The normalized spacial score (nSPS) is 25.2. The molecule has 1 amide bonds. The molecule has 4 heteroatoms. The van der Waals surface area contributed by atoms with Gasteiger partial charge in [0.2, 0.25) is 0 Å². The Morgan fingerprint density at radius 2 is 1.68 bits per heavy atom. The van der Waals surface area contributed by atoms with Gasteiger partial charge in [-0.15, -0.1) is 0 Å². The Morgan fingerprint density at radius 1 is 1.11 bits per heavy atom. The number of rotatable bonds is 5. The predicted octanol–water partition coefficient (Wildman–Crippen LogP) is 1.70. The lowest BCUT2D eigenvalue weighted by molar-refractivity contribution is -0.131. The van der Waals surface area contributed by atoms with Crippen LogP contribution in [0.5, 0.6) is 0 Å². The summed E-state index contributed by atoms with van der Waals surface area (Å²) in [6, 6.07) is -0.159. The quantitative estimate of drug-likeness (QED) is 0.710. The molecule has 2 rings (SSSR count). The summed E-state index contributed by atoms with van der Waals surface area (Å²) in [6.07, 6.45) is 10.4. The lowest BCUT2D eigenvalue weighted by atomic mass is 9.84. The standard InChI is InChI=1S/C15H28N2O2/c16-13(10-11-6-2-1-3-7-11)14(18)15(19)17-12-8-4-5-9-12/h11-14,18H,1-10,16H2,(H,17,19)/t13-,14?/m1/s1. The van der Waals surface area contributed by atoms with Crippen LogP contribution >= 0.6 is 0 Å². The molecule has 2 aliphatic rings. The molecule has 2 fully saturated rings. The molecule has 2 atom stereocenters. The van der Waals surface area contributed by atoms with Crippen molar-refractivity contribution < 1.29 is 9.90 Å². The van der Waals surface area contributed by atoms with Gasteiger partial charge in [0.05, 0.1) is 0 Å². The summed E-state index contributed by atoms with van der Waals surface area (Å²) < 4.78 is 0.